The second kappa shape index (κ2) is 5.12. The maximum absolute atomic E-state index is 12.8. The Morgan fingerprint density at radius 1 is 1.18 bits per heavy atom. The quantitative estimate of drug-likeness (QED) is 0.853. The summed E-state index contributed by atoms with van der Waals surface area (Å²) >= 11 is 0. The second-order valence-corrected chi connectivity index (χ2v) is 4.81. The van der Waals surface area contributed by atoms with E-state index in [1.807, 2.05) is 20.8 Å². The number of nitrogens with one attached hydrogen (secondary N) is 2. The molecule has 0 unspecified atom stereocenters. The van der Waals surface area contributed by atoms with Gasteiger partial charge in [0, 0.05) is 17.3 Å². The topological polar surface area (TPSA) is 41.1 Å². The van der Waals surface area contributed by atoms with Crippen LogP contribution in [0.2, 0.25) is 0 Å². The molecule has 1 amide bonds. The van der Waals surface area contributed by atoms with Crippen molar-refractivity contribution in [2.75, 3.05) is 11.9 Å². The molecule has 0 saturated carbocycles. The molecule has 1 aromatic carbocycles. The van der Waals surface area contributed by atoms with Crippen LogP contribution >= 0.6 is 0 Å². The Balaban J connectivity index is 2.53. The first-order valence-electron chi connectivity index (χ1n) is 5.27. The van der Waals surface area contributed by atoms with Crippen LogP contribution in [0, 0.1) is 11.6 Å². The highest BCUT2D eigenvalue weighted by molar-refractivity contribution is 5.81. The summed E-state index contributed by atoms with van der Waals surface area (Å²) in [6.07, 6.45) is 0. The molecular formula is C12H16F2N2O. The number of rotatable bonds is 3. The van der Waals surface area contributed by atoms with E-state index in [1.165, 1.54) is 0 Å². The van der Waals surface area contributed by atoms with E-state index in [4.69, 9.17) is 0 Å². The molecule has 0 heterocycles. The van der Waals surface area contributed by atoms with Crippen molar-refractivity contribution in [3.05, 3.63) is 29.8 Å². The number of hydrogen-bond donors (Lipinski definition) is 2. The number of carbonyl (C=O) groups excluding carboxylic acids is 1. The Bertz CT molecular complexity index is 393. The summed E-state index contributed by atoms with van der Waals surface area (Å²) in [6, 6.07) is 3.04. The van der Waals surface area contributed by atoms with Crippen LogP contribution in [0.3, 0.4) is 0 Å². The summed E-state index contributed by atoms with van der Waals surface area (Å²) in [7, 11) is 0. The molecule has 0 aliphatic carbocycles. The predicted molar refractivity (Wildman–Crippen MR) is 62.7 cm³/mol. The van der Waals surface area contributed by atoms with E-state index >= 15 is 0 Å². The number of amides is 1. The minimum atomic E-state index is -0.677. The molecule has 0 aromatic heterocycles. The summed E-state index contributed by atoms with van der Waals surface area (Å²) in [6.45, 7) is 5.53. The van der Waals surface area contributed by atoms with E-state index in [0.717, 1.165) is 18.2 Å². The number of hydrogen-bond acceptors (Lipinski definition) is 2. The van der Waals surface area contributed by atoms with E-state index < -0.39 is 11.6 Å². The molecule has 0 aliphatic heterocycles. The van der Waals surface area contributed by atoms with Gasteiger partial charge in [0.25, 0.3) is 0 Å². The van der Waals surface area contributed by atoms with Crippen molar-refractivity contribution in [1.29, 1.82) is 0 Å². The van der Waals surface area contributed by atoms with Crippen LogP contribution in [0.25, 0.3) is 0 Å². The van der Waals surface area contributed by atoms with Gasteiger partial charge in [0.2, 0.25) is 5.91 Å². The lowest BCUT2D eigenvalue weighted by Gasteiger charge is -2.20. The molecule has 1 aromatic rings. The summed E-state index contributed by atoms with van der Waals surface area (Å²) in [5.41, 5.74) is -0.0852. The standard InChI is InChI=1S/C12H16F2N2O/c1-12(2,3)16-11(17)7-15-10-5-8(13)4-9(14)6-10/h4-6,15H,7H2,1-3H3,(H,16,17). The average Bonchev–Trinajstić information content (AvgIpc) is 2.10. The van der Waals surface area contributed by atoms with Gasteiger partial charge in [-0.3, -0.25) is 4.79 Å². The molecule has 0 atom stereocenters. The SMILES string of the molecule is CC(C)(C)NC(=O)CNc1cc(F)cc(F)c1. The normalized spacial score (nSPS) is 11.1. The first-order chi connectivity index (χ1) is 7.76. The Hall–Kier alpha value is -1.65. The molecule has 17 heavy (non-hydrogen) atoms. The zero-order valence-corrected chi connectivity index (χ0v) is 10.1. The van der Waals surface area contributed by atoms with Crippen molar-refractivity contribution in [3.8, 4) is 0 Å². The molecular weight excluding hydrogens is 226 g/mol. The first kappa shape index (κ1) is 13.4. The van der Waals surface area contributed by atoms with Gasteiger partial charge in [0.1, 0.15) is 11.6 Å². The molecule has 0 fully saturated rings. The third-order valence-electron chi connectivity index (χ3n) is 1.83. The molecule has 0 saturated heterocycles. The van der Waals surface area contributed by atoms with Gasteiger partial charge in [-0.05, 0) is 32.9 Å². The van der Waals surface area contributed by atoms with Gasteiger partial charge in [-0.2, -0.15) is 0 Å². The second-order valence-electron chi connectivity index (χ2n) is 4.81. The van der Waals surface area contributed by atoms with Crippen molar-refractivity contribution < 1.29 is 13.6 Å². The largest absolute Gasteiger partial charge is 0.376 e. The highest BCUT2D eigenvalue weighted by atomic mass is 19.1. The Morgan fingerprint density at radius 2 is 1.71 bits per heavy atom. The van der Waals surface area contributed by atoms with Crippen molar-refractivity contribution in [3.63, 3.8) is 0 Å². The number of benzene rings is 1. The maximum Gasteiger partial charge on any atom is 0.239 e. The zero-order valence-electron chi connectivity index (χ0n) is 10.1. The summed E-state index contributed by atoms with van der Waals surface area (Å²) in [5.74, 6) is -1.59. The first-order valence-corrected chi connectivity index (χ1v) is 5.27. The molecule has 0 radical (unpaired) electrons. The van der Waals surface area contributed by atoms with Crippen molar-refractivity contribution in [2.45, 2.75) is 26.3 Å². The molecule has 2 N–H and O–H groups in total. The lowest BCUT2D eigenvalue weighted by molar-refractivity contribution is -0.120. The van der Waals surface area contributed by atoms with Gasteiger partial charge >= 0.3 is 0 Å². The van der Waals surface area contributed by atoms with E-state index in [0.29, 0.717) is 0 Å². The van der Waals surface area contributed by atoms with Gasteiger partial charge < -0.3 is 10.6 Å². The third kappa shape index (κ3) is 5.29. The van der Waals surface area contributed by atoms with Crippen LogP contribution in [0.5, 0.6) is 0 Å². The van der Waals surface area contributed by atoms with Gasteiger partial charge in [-0.25, -0.2) is 8.78 Å². The number of carbonyl (C=O) groups is 1. The van der Waals surface area contributed by atoms with Gasteiger partial charge in [-0.1, -0.05) is 0 Å². The van der Waals surface area contributed by atoms with Crippen LogP contribution in [0.1, 0.15) is 20.8 Å². The van der Waals surface area contributed by atoms with Gasteiger partial charge in [-0.15, -0.1) is 0 Å². The van der Waals surface area contributed by atoms with E-state index in [9.17, 15) is 13.6 Å². The molecule has 94 valence electrons. The van der Waals surface area contributed by atoms with Crippen molar-refractivity contribution >= 4 is 11.6 Å². The van der Waals surface area contributed by atoms with Gasteiger partial charge in [0.05, 0.1) is 6.54 Å². The maximum atomic E-state index is 12.8. The fourth-order valence-corrected chi connectivity index (χ4v) is 1.30. The summed E-state index contributed by atoms with van der Waals surface area (Å²) in [4.78, 5) is 11.4. The Morgan fingerprint density at radius 3 is 2.18 bits per heavy atom. The van der Waals surface area contributed by atoms with E-state index in [-0.39, 0.29) is 23.7 Å². The monoisotopic (exact) mass is 242 g/mol. The van der Waals surface area contributed by atoms with Crippen LogP contribution in [0.4, 0.5) is 14.5 Å². The van der Waals surface area contributed by atoms with Crippen LogP contribution < -0.4 is 10.6 Å². The smallest absolute Gasteiger partial charge is 0.239 e. The lowest BCUT2D eigenvalue weighted by atomic mass is 10.1. The number of anilines is 1. The highest BCUT2D eigenvalue weighted by Crippen LogP contribution is 2.12. The fraction of sp³-hybridized carbons (Fsp3) is 0.417. The van der Waals surface area contributed by atoms with Crippen molar-refractivity contribution in [1.82, 2.24) is 5.32 Å². The summed E-state index contributed by atoms with van der Waals surface area (Å²) < 4.78 is 25.7. The zero-order chi connectivity index (χ0) is 13.1. The molecule has 0 bridgehead atoms. The predicted octanol–water partition coefficient (Wildman–Crippen LogP) is 2.29. The minimum absolute atomic E-state index is 0.0276. The minimum Gasteiger partial charge on any atom is -0.376 e. The Kier molecular flexibility index (Phi) is 4.04. The molecule has 5 heteroatoms. The Labute approximate surface area is 99.2 Å². The van der Waals surface area contributed by atoms with Crippen LogP contribution in [-0.4, -0.2) is 18.0 Å². The summed E-state index contributed by atoms with van der Waals surface area (Å²) in [5, 5.41) is 5.39. The lowest BCUT2D eigenvalue weighted by Crippen LogP contribution is -2.43. The van der Waals surface area contributed by atoms with Gasteiger partial charge in [0.15, 0.2) is 0 Å². The van der Waals surface area contributed by atoms with Crippen molar-refractivity contribution in [2.24, 2.45) is 0 Å². The molecule has 1 rings (SSSR count). The van der Waals surface area contributed by atoms with E-state index in [2.05, 4.69) is 10.6 Å². The van der Waals surface area contributed by atoms with Crippen LogP contribution in [0.15, 0.2) is 18.2 Å². The third-order valence-corrected chi connectivity index (χ3v) is 1.83. The molecule has 0 spiro atoms. The fourth-order valence-electron chi connectivity index (χ4n) is 1.30. The van der Waals surface area contributed by atoms with Crippen LogP contribution in [-0.2, 0) is 4.79 Å². The highest BCUT2D eigenvalue weighted by Gasteiger charge is 2.13. The average molecular weight is 242 g/mol. The molecule has 3 nitrogen and oxygen atoms in total. The number of halogens is 2. The van der Waals surface area contributed by atoms with E-state index in [1.54, 1.807) is 0 Å². The molecule has 0 aliphatic rings.